The summed E-state index contributed by atoms with van der Waals surface area (Å²) in [5, 5.41) is 16.0. The molecular formula is C44H50N2O6. The Kier molecular flexibility index (Phi) is 16.4. The minimum Gasteiger partial charge on any atom is -0.489 e. The number of hydrogen-bond donors (Lipinski definition) is 3. The normalized spacial score (nSPS) is 13.1. The molecule has 3 N–H and O–H groups in total. The second-order valence-corrected chi connectivity index (χ2v) is 12.8. The Morgan fingerprint density at radius 2 is 1.33 bits per heavy atom. The zero-order valence-corrected chi connectivity index (χ0v) is 29.7. The molecule has 0 aliphatic rings. The highest BCUT2D eigenvalue weighted by atomic mass is 16.5. The third kappa shape index (κ3) is 13.3. The van der Waals surface area contributed by atoms with E-state index in [1.165, 1.54) is 0 Å². The van der Waals surface area contributed by atoms with E-state index in [2.05, 4.69) is 23.8 Å². The van der Waals surface area contributed by atoms with Gasteiger partial charge in [0.15, 0.2) is 0 Å². The lowest BCUT2D eigenvalue weighted by atomic mass is 9.94. The van der Waals surface area contributed by atoms with Crippen molar-refractivity contribution in [2.45, 2.75) is 57.2 Å². The summed E-state index contributed by atoms with van der Waals surface area (Å²) in [4.78, 5) is 40.3. The van der Waals surface area contributed by atoms with Gasteiger partial charge >= 0.3 is 5.97 Å². The van der Waals surface area contributed by atoms with Gasteiger partial charge in [0.25, 0.3) is 0 Å². The van der Waals surface area contributed by atoms with Crippen molar-refractivity contribution in [3.63, 3.8) is 0 Å². The molecule has 0 unspecified atom stereocenters. The first-order valence-electron chi connectivity index (χ1n) is 17.8. The third-order valence-corrected chi connectivity index (χ3v) is 8.78. The maximum atomic E-state index is 13.7. The lowest BCUT2D eigenvalue weighted by Crippen LogP contribution is -2.42. The predicted molar refractivity (Wildman–Crippen MR) is 204 cm³/mol. The zero-order chi connectivity index (χ0) is 37.0. The number of allylic oxidation sites excluding steroid dienone is 2. The fourth-order valence-corrected chi connectivity index (χ4v) is 5.90. The minimum absolute atomic E-state index is 0.0658. The van der Waals surface area contributed by atoms with Crippen LogP contribution in [0.25, 0.3) is 0 Å². The van der Waals surface area contributed by atoms with Crippen molar-refractivity contribution in [3.8, 4) is 5.75 Å². The average Bonchev–Trinajstić information content (AvgIpc) is 3.18. The Hall–Kier alpha value is -5.47. The molecule has 0 saturated carbocycles. The molecule has 8 heteroatoms. The number of aliphatic hydroxyl groups is 1. The van der Waals surface area contributed by atoms with Crippen LogP contribution in [0.5, 0.6) is 5.75 Å². The largest absolute Gasteiger partial charge is 0.489 e. The van der Waals surface area contributed by atoms with Crippen molar-refractivity contribution in [2.24, 2.45) is 11.8 Å². The molecule has 272 valence electrons. The molecule has 0 radical (unpaired) electrons. The molecule has 8 nitrogen and oxygen atoms in total. The van der Waals surface area contributed by atoms with Crippen LogP contribution in [0.15, 0.2) is 141 Å². The van der Waals surface area contributed by atoms with Gasteiger partial charge in [0, 0.05) is 6.42 Å². The molecule has 0 spiro atoms. The Labute approximate surface area is 307 Å². The lowest BCUT2D eigenvalue weighted by molar-refractivity contribution is -0.150. The Morgan fingerprint density at radius 1 is 0.712 bits per heavy atom. The predicted octanol–water partition coefficient (Wildman–Crippen LogP) is 7.09. The Balaban J connectivity index is 1.34. The number of nitrogens with one attached hydrogen (secondary N) is 2. The van der Waals surface area contributed by atoms with E-state index in [-0.39, 0.29) is 49.8 Å². The minimum atomic E-state index is -0.724. The molecule has 4 aromatic carbocycles. The first-order chi connectivity index (χ1) is 25.4. The van der Waals surface area contributed by atoms with E-state index in [0.717, 1.165) is 28.0 Å². The number of esters is 1. The number of carbonyl (C=O) groups is 3. The van der Waals surface area contributed by atoms with Crippen LogP contribution < -0.4 is 15.4 Å². The summed E-state index contributed by atoms with van der Waals surface area (Å²) >= 11 is 0. The summed E-state index contributed by atoms with van der Waals surface area (Å²) in [6, 6.07) is 35.4. The monoisotopic (exact) mass is 702 g/mol. The molecule has 0 fully saturated rings. The van der Waals surface area contributed by atoms with Crippen LogP contribution in [0.4, 0.5) is 0 Å². The summed E-state index contributed by atoms with van der Waals surface area (Å²) in [6.45, 7) is 7.72. The van der Waals surface area contributed by atoms with Crippen LogP contribution in [0, 0.1) is 11.8 Å². The number of carbonyl (C=O) groups excluding carboxylic acids is 3. The first kappa shape index (κ1) is 39.3. The summed E-state index contributed by atoms with van der Waals surface area (Å²) in [6.07, 6.45) is 5.75. The highest BCUT2D eigenvalue weighted by Crippen LogP contribution is 2.21. The topological polar surface area (TPSA) is 114 Å². The van der Waals surface area contributed by atoms with E-state index < -0.39 is 18.0 Å². The van der Waals surface area contributed by atoms with E-state index in [1.807, 2.05) is 115 Å². The standard InChI is InChI=1S/C44H50N2O6/c1-3-5-20-38(27-33-16-9-6-10-17-33)44(50)52-32-41(36-21-13-8-14-22-36)46-43(49)37(15-4-2)29-42(48)45-39(30-47)28-34-23-25-40(26-24-34)51-31-35-18-11-7-12-19-35/h3-4,6-14,16-19,21-26,37-39,41,47H,1-2,5,15,20,27-32H2,(H,45,48)(H,46,49)/t37-,38-,39+,41-/m1/s1. The van der Waals surface area contributed by atoms with E-state index in [4.69, 9.17) is 9.47 Å². The summed E-state index contributed by atoms with van der Waals surface area (Å²) < 4.78 is 11.7. The van der Waals surface area contributed by atoms with Gasteiger partial charge in [-0.15, -0.1) is 13.2 Å². The van der Waals surface area contributed by atoms with Crippen molar-refractivity contribution in [3.05, 3.63) is 163 Å². The molecule has 0 bridgehead atoms. The third-order valence-electron chi connectivity index (χ3n) is 8.78. The molecule has 0 aliphatic carbocycles. The average molecular weight is 703 g/mol. The van der Waals surface area contributed by atoms with Crippen LogP contribution in [-0.4, -0.2) is 42.1 Å². The van der Waals surface area contributed by atoms with Gasteiger partial charge in [0.1, 0.15) is 19.0 Å². The number of rotatable bonds is 22. The fourth-order valence-electron chi connectivity index (χ4n) is 5.90. The van der Waals surface area contributed by atoms with Gasteiger partial charge < -0.3 is 25.2 Å². The van der Waals surface area contributed by atoms with E-state index >= 15 is 0 Å². The Morgan fingerprint density at radius 3 is 1.94 bits per heavy atom. The molecule has 4 atom stereocenters. The quantitative estimate of drug-likeness (QED) is 0.0596. The van der Waals surface area contributed by atoms with Crippen molar-refractivity contribution < 1.29 is 29.0 Å². The SMILES string of the molecule is C=CCC[C@H](Cc1ccccc1)C(=O)OC[C@@H](NC(=O)[C@H](CC=C)CC(=O)N[C@H](CO)Cc1ccc(OCc2ccccc2)cc1)c1ccccc1. The summed E-state index contributed by atoms with van der Waals surface area (Å²) in [5.41, 5.74) is 3.80. The van der Waals surface area contributed by atoms with Gasteiger partial charge in [-0.1, -0.05) is 115 Å². The number of hydrogen-bond acceptors (Lipinski definition) is 6. The van der Waals surface area contributed by atoms with Crippen LogP contribution in [0.1, 0.15) is 54.0 Å². The van der Waals surface area contributed by atoms with Crippen LogP contribution in [0.2, 0.25) is 0 Å². The molecule has 4 aromatic rings. The molecular weight excluding hydrogens is 652 g/mol. The van der Waals surface area contributed by atoms with Gasteiger partial charge in [0.05, 0.1) is 30.5 Å². The van der Waals surface area contributed by atoms with E-state index in [9.17, 15) is 19.5 Å². The maximum Gasteiger partial charge on any atom is 0.309 e. The van der Waals surface area contributed by atoms with Crippen molar-refractivity contribution in [1.82, 2.24) is 10.6 Å². The highest BCUT2D eigenvalue weighted by Gasteiger charge is 2.27. The van der Waals surface area contributed by atoms with Gasteiger partial charge in [0.2, 0.25) is 11.8 Å². The molecule has 4 rings (SSSR count). The zero-order valence-electron chi connectivity index (χ0n) is 29.7. The molecule has 0 aliphatic heterocycles. The number of aliphatic hydroxyl groups excluding tert-OH is 1. The van der Waals surface area contributed by atoms with Crippen LogP contribution in [0.3, 0.4) is 0 Å². The second-order valence-electron chi connectivity index (χ2n) is 12.8. The van der Waals surface area contributed by atoms with Gasteiger partial charge in [-0.25, -0.2) is 0 Å². The first-order valence-corrected chi connectivity index (χ1v) is 17.8. The molecule has 0 saturated heterocycles. The molecule has 0 aromatic heterocycles. The second kappa shape index (κ2) is 21.7. The van der Waals surface area contributed by atoms with Gasteiger partial charge in [-0.2, -0.15) is 0 Å². The van der Waals surface area contributed by atoms with Crippen LogP contribution >= 0.6 is 0 Å². The van der Waals surface area contributed by atoms with Crippen molar-refractivity contribution in [2.75, 3.05) is 13.2 Å². The van der Waals surface area contributed by atoms with E-state index in [1.54, 1.807) is 12.2 Å². The number of benzene rings is 4. The van der Waals surface area contributed by atoms with E-state index in [0.29, 0.717) is 32.3 Å². The number of ether oxygens (including phenoxy) is 2. The highest BCUT2D eigenvalue weighted by molar-refractivity contribution is 5.86. The van der Waals surface area contributed by atoms with Gasteiger partial charge in [-0.3, -0.25) is 14.4 Å². The van der Waals surface area contributed by atoms with Crippen molar-refractivity contribution >= 4 is 17.8 Å². The Bertz CT molecular complexity index is 1680. The van der Waals surface area contributed by atoms with Gasteiger partial charge in [-0.05, 0) is 66.5 Å². The lowest BCUT2D eigenvalue weighted by Gasteiger charge is -2.24. The summed E-state index contributed by atoms with van der Waals surface area (Å²) in [7, 11) is 0. The van der Waals surface area contributed by atoms with Crippen LogP contribution in [-0.2, 0) is 38.6 Å². The maximum absolute atomic E-state index is 13.7. The summed E-state index contributed by atoms with van der Waals surface area (Å²) in [5.74, 6) is -1.43. The van der Waals surface area contributed by atoms with Crippen molar-refractivity contribution in [1.29, 1.82) is 0 Å². The number of amides is 2. The fraction of sp³-hybridized carbons (Fsp3) is 0.295. The molecule has 2 amide bonds. The molecule has 0 heterocycles. The molecule has 52 heavy (non-hydrogen) atoms. The smallest absolute Gasteiger partial charge is 0.309 e.